The zero-order valence-electron chi connectivity index (χ0n) is 9.84. The number of sulfonamides is 1. The van der Waals surface area contributed by atoms with Gasteiger partial charge in [0.05, 0.1) is 4.90 Å². The lowest BCUT2D eigenvalue weighted by molar-refractivity contribution is 0.213. The van der Waals surface area contributed by atoms with Crippen molar-refractivity contribution in [3.63, 3.8) is 0 Å². The largest absolute Gasteiger partial charge is 0.396 e. The zero-order valence-corrected chi connectivity index (χ0v) is 11.4. The van der Waals surface area contributed by atoms with Crippen molar-refractivity contribution in [3.8, 4) is 0 Å². The maximum atomic E-state index is 12.1. The van der Waals surface area contributed by atoms with Gasteiger partial charge in [-0.2, -0.15) is 0 Å². The summed E-state index contributed by atoms with van der Waals surface area (Å²) in [6, 6.07) is 5.89. The first-order valence-corrected chi connectivity index (χ1v) is 7.78. The number of nitrogens with one attached hydrogen (secondary N) is 1. The molecule has 1 aromatic carbocycles. The molecule has 2 rings (SSSR count). The Hall–Kier alpha value is -0.620. The number of hydrogen-bond acceptors (Lipinski definition) is 3. The minimum atomic E-state index is -3.52. The molecule has 1 saturated carbocycles. The molecule has 4 nitrogen and oxygen atoms in total. The molecule has 0 radical (unpaired) electrons. The van der Waals surface area contributed by atoms with Gasteiger partial charge >= 0.3 is 0 Å². The Balaban J connectivity index is 2.14. The highest BCUT2D eigenvalue weighted by Crippen LogP contribution is 2.26. The topological polar surface area (TPSA) is 66.4 Å². The summed E-state index contributed by atoms with van der Waals surface area (Å²) in [5, 5.41) is 9.69. The van der Waals surface area contributed by atoms with Gasteiger partial charge in [0.25, 0.3) is 0 Å². The number of halogens is 1. The molecule has 6 heteroatoms. The fourth-order valence-electron chi connectivity index (χ4n) is 2.29. The fourth-order valence-corrected chi connectivity index (χ4v) is 3.76. The molecular formula is C12H16ClNO3S. The molecule has 100 valence electrons. The van der Waals surface area contributed by atoms with Crippen molar-refractivity contribution in [2.75, 3.05) is 6.61 Å². The Morgan fingerprint density at radius 2 is 1.94 bits per heavy atom. The number of benzene rings is 1. The smallest absolute Gasteiger partial charge is 0.240 e. The summed E-state index contributed by atoms with van der Waals surface area (Å²) in [6.45, 7) is 0.0216. The molecule has 0 bridgehead atoms. The van der Waals surface area contributed by atoms with Crippen LogP contribution in [0.4, 0.5) is 0 Å². The maximum absolute atomic E-state index is 12.1. The van der Waals surface area contributed by atoms with Gasteiger partial charge in [-0.1, -0.05) is 18.0 Å². The Morgan fingerprint density at radius 1 is 1.28 bits per heavy atom. The minimum Gasteiger partial charge on any atom is -0.396 e. The molecule has 1 aliphatic rings. The van der Waals surface area contributed by atoms with E-state index in [4.69, 9.17) is 11.6 Å². The first-order valence-electron chi connectivity index (χ1n) is 5.91. The molecule has 0 unspecified atom stereocenters. The van der Waals surface area contributed by atoms with E-state index in [-0.39, 0.29) is 23.5 Å². The van der Waals surface area contributed by atoms with Gasteiger partial charge in [0.2, 0.25) is 10.0 Å². The van der Waals surface area contributed by atoms with Crippen LogP contribution in [0.3, 0.4) is 0 Å². The molecule has 0 saturated heterocycles. The molecular weight excluding hydrogens is 274 g/mol. The lowest BCUT2D eigenvalue weighted by atomic mass is 10.1. The monoisotopic (exact) mass is 289 g/mol. The maximum Gasteiger partial charge on any atom is 0.240 e. The number of rotatable bonds is 4. The average molecular weight is 290 g/mol. The highest BCUT2D eigenvalue weighted by molar-refractivity contribution is 7.89. The van der Waals surface area contributed by atoms with Crippen LogP contribution in [0.25, 0.3) is 0 Å². The lowest BCUT2D eigenvalue weighted by Gasteiger charge is -2.18. The van der Waals surface area contributed by atoms with Crippen LogP contribution < -0.4 is 4.72 Å². The van der Waals surface area contributed by atoms with E-state index in [1.807, 2.05) is 0 Å². The van der Waals surface area contributed by atoms with Crippen LogP contribution in [-0.4, -0.2) is 26.2 Å². The van der Waals surface area contributed by atoms with Crippen LogP contribution in [0, 0.1) is 5.92 Å². The van der Waals surface area contributed by atoms with E-state index < -0.39 is 10.0 Å². The molecule has 1 aromatic rings. The Labute approximate surface area is 112 Å². The van der Waals surface area contributed by atoms with Gasteiger partial charge in [-0.25, -0.2) is 13.1 Å². The van der Waals surface area contributed by atoms with E-state index in [0.717, 1.165) is 19.3 Å². The third-order valence-electron chi connectivity index (χ3n) is 3.32. The SMILES string of the molecule is O=S(=O)(N[C@@H]1CCC[C@@H]1CO)c1ccc(Cl)cc1. The second-order valence-electron chi connectivity index (χ2n) is 4.56. The van der Waals surface area contributed by atoms with Crippen LogP contribution in [-0.2, 0) is 10.0 Å². The third-order valence-corrected chi connectivity index (χ3v) is 5.08. The Morgan fingerprint density at radius 3 is 2.56 bits per heavy atom. The van der Waals surface area contributed by atoms with E-state index in [9.17, 15) is 13.5 Å². The molecule has 0 aliphatic heterocycles. The zero-order chi connectivity index (χ0) is 13.2. The van der Waals surface area contributed by atoms with E-state index in [0.29, 0.717) is 5.02 Å². The summed E-state index contributed by atoms with van der Waals surface area (Å²) in [7, 11) is -3.52. The van der Waals surface area contributed by atoms with E-state index >= 15 is 0 Å². The van der Waals surface area contributed by atoms with Gasteiger partial charge in [0, 0.05) is 17.7 Å². The molecule has 2 atom stereocenters. The highest BCUT2D eigenvalue weighted by atomic mass is 35.5. The number of aliphatic hydroxyl groups is 1. The van der Waals surface area contributed by atoms with E-state index in [1.54, 1.807) is 12.1 Å². The van der Waals surface area contributed by atoms with Gasteiger partial charge in [-0.05, 0) is 43.0 Å². The molecule has 0 amide bonds. The number of aliphatic hydroxyl groups excluding tert-OH is 1. The third kappa shape index (κ3) is 3.03. The first-order chi connectivity index (χ1) is 8.53. The van der Waals surface area contributed by atoms with Crippen molar-refractivity contribution in [2.24, 2.45) is 5.92 Å². The quantitative estimate of drug-likeness (QED) is 0.888. The molecule has 2 N–H and O–H groups in total. The minimum absolute atomic E-state index is 0.0204. The molecule has 18 heavy (non-hydrogen) atoms. The Kier molecular flexibility index (Phi) is 4.27. The van der Waals surface area contributed by atoms with Crippen LogP contribution >= 0.6 is 11.6 Å². The van der Waals surface area contributed by atoms with Crippen molar-refractivity contribution in [2.45, 2.75) is 30.2 Å². The van der Waals surface area contributed by atoms with Crippen LogP contribution in [0.2, 0.25) is 5.02 Å². The summed E-state index contributed by atoms with van der Waals surface area (Å²) in [5.41, 5.74) is 0. The second kappa shape index (κ2) is 5.57. The van der Waals surface area contributed by atoms with Crippen molar-refractivity contribution >= 4 is 21.6 Å². The molecule has 1 fully saturated rings. The second-order valence-corrected chi connectivity index (χ2v) is 6.71. The van der Waals surface area contributed by atoms with Crippen molar-refractivity contribution in [3.05, 3.63) is 29.3 Å². The summed E-state index contributed by atoms with van der Waals surface area (Å²) >= 11 is 5.73. The van der Waals surface area contributed by atoms with Crippen LogP contribution in [0.5, 0.6) is 0 Å². The standard InChI is InChI=1S/C12H16ClNO3S/c13-10-4-6-11(7-5-10)18(16,17)14-12-3-1-2-9(12)8-15/h4-7,9,12,14-15H,1-3,8H2/t9-,12-/m1/s1. The van der Waals surface area contributed by atoms with Gasteiger partial charge in [-0.3, -0.25) is 0 Å². The molecule has 1 aliphatic carbocycles. The predicted octanol–water partition coefficient (Wildman–Crippen LogP) is 1.78. The number of hydrogen-bond donors (Lipinski definition) is 2. The van der Waals surface area contributed by atoms with E-state index in [1.165, 1.54) is 12.1 Å². The summed E-state index contributed by atoms with van der Waals surface area (Å²) in [4.78, 5) is 0.204. The van der Waals surface area contributed by atoms with Crippen molar-refractivity contribution in [1.82, 2.24) is 4.72 Å². The summed E-state index contributed by atoms with van der Waals surface area (Å²) in [6.07, 6.45) is 2.58. The average Bonchev–Trinajstić information content (AvgIpc) is 2.76. The Bertz CT molecular complexity index is 501. The fraction of sp³-hybridized carbons (Fsp3) is 0.500. The highest BCUT2D eigenvalue weighted by Gasteiger charge is 2.30. The van der Waals surface area contributed by atoms with Gasteiger partial charge in [-0.15, -0.1) is 0 Å². The summed E-state index contributed by atoms with van der Waals surface area (Å²) in [5.74, 6) is 0.0204. The first kappa shape index (κ1) is 13.8. The van der Waals surface area contributed by atoms with Crippen LogP contribution in [0.15, 0.2) is 29.2 Å². The molecule has 0 spiro atoms. The normalized spacial score (nSPS) is 24.3. The predicted molar refractivity (Wildman–Crippen MR) is 70.0 cm³/mol. The molecule has 0 heterocycles. The van der Waals surface area contributed by atoms with Crippen molar-refractivity contribution in [1.29, 1.82) is 0 Å². The van der Waals surface area contributed by atoms with Gasteiger partial charge < -0.3 is 5.11 Å². The molecule has 0 aromatic heterocycles. The van der Waals surface area contributed by atoms with E-state index in [2.05, 4.69) is 4.72 Å². The van der Waals surface area contributed by atoms with Crippen LogP contribution in [0.1, 0.15) is 19.3 Å². The van der Waals surface area contributed by atoms with Gasteiger partial charge in [0.15, 0.2) is 0 Å². The summed E-state index contributed by atoms with van der Waals surface area (Å²) < 4.78 is 26.9. The van der Waals surface area contributed by atoms with Gasteiger partial charge in [0.1, 0.15) is 0 Å². The lowest BCUT2D eigenvalue weighted by Crippen LogP contribution is -2.38. The van der Waals surface area contributed by atoms with Crippen molar-refractivity contribution < 1.29 is 13.5 Å².